The first-order chi connectivity index (χ1) is 24.2. The first-order valence-corrected chi connectivity index (χ1v) is 16.9. The van der Waals surface area contributed by atoms with Gasteiger partial charge in [0, 0.05) is 53.6 Å². The van der Waals surface area contributed by atoms with E-state index in [2.05, 4.69) is 66.7 Å². The van der Waals surface area contributed by atoms with E-state index in [-0.39, 0.29) is 0 Å². The van der Waals surface area contributed by atoms with Crippen molar-refractivity contribution in [3.8, 4) is 68.1 Å². The van der Waals surface area contributed by atoms with Gasteiger partial charge in [0.25, 0.3) is 0 Å². The lowest BCUT2D eigenvalue weighted by Crippen LogP contribution is -2.00. The second-order valence-electron chi connectivity index (χ2n) is 11.8. The summed E-state index contributed by atoms with van der Waals surface area (Å²) in [5.41, 5.74) is 7.40. The van der Waals surface area contributed by atoms with Gasteiger partial charge in [-0.25, -0.2) is 24.9 Å². The molecular formula is C43H27N5S. The molecule has 0 saturated heterocycles. The zero-order valence-corrected chi connectivity index (χ0v) is 27.0. The minimum Gasteiger partial charge on any atom is -0.228 e. The van der Waals surface area contributed by atoms with Crippen LogP contribution in [-0.4, -0.2) is 24.9 Å². The molecule has 6 aromatic carbocycles. The fourth-order valence-corrected chi connectivity index (χ4v) is 7.25. The predicted molar refractivity (Wildman–Crippen MR) is 201 cm³/mol. The lowest BCUT2D eigenvalue weighted by Gasteiger charge is -2.11. The van der Waals surface area contributed by atoms with Gasteiger partial charge in [-0.3, -0.25) is 0 Å². The van der Waals surface area contributed by atoms with Crippen molar-refractivity contribution in [1.82, 2.24) is 24.9 Å². The van der Waals surface area contributed by atoms with Crippen LogP contribution in [0.2, 0.25) is 0 Å². The lowest BCUT2D eigenvalue weighted by molar-refractivity contribution is 1.07. The molecule has 0 spiro atoms. The number of rotatable bonds is 6. The first-order valence-electron chi connectivity index (χ1n) is 16.1. The van der Waals surface area contributed by atoms with Gasteiger partial charge < -0.3 is 0 Å². The van der Waals surface area contributed by atoms with E-state index < -0.39 is 0 Å². The Morgan fingerprint density at radius 2 is 0.755 bits per heavy atom. The van der Waals surface area contributed by atoms with Gasteiger partial charge in [-0.15, -0.1) is 11.3 Å². The molecule has 230 valence electrons. The molecule has 3 aromatic heterocycles. The maximum Gasteiger partial charge on any atom is 0.164 e. The molecule has 5 nitrogen and oxygen atoms in total. The van der Waals surface area contributed by atoms with Crippen molar-refractivity contribution in [2.75, 3.05) is 0 Å². The van der Waals surface area contributed by atoms with E-state index in [4.69, 9.17) is 24.9 Å². The molecule has 0 aliphatic rings. The SMILES string of the molecule is c1ccc(-c2cc(-c3ccc4c(c3)sc3ccccc34)nc(-c3cccc(-c4nc(-c5ccccc5)nc(-c5ccccc5)n4)c3)n2)cc1. The van der Waals surface area contributed by atoms with Gasteiger partial charge in [-0.1, -0.05) is 140 Å². The molecule has 49 heavy (non-hydrogen) atoms. The number of thiophene rings is 1. The summed E-state index contributed by atoms with van der Waals surface area (Å²) in [6, 6.07) is 55.7. The summed E-state index contributed by atoms with van der Waals surface area (Å²) in [5, 5.41) is 2.54. The highest BCUT2D eigenvalue weighted by molar-refractivity contribution is 7.25. The van der Waals surface area contributed by atoms with Gasteiger partial charge in [-0.05, 0) is 24.3 Å². The Bertz CT molecular complexity index is 2540. The molecule has 0 fully saturated rings. The van der Waals surface area contributed by atoms with Crippen LogP contribution in [-0.2, 0) is 0 Å². The third kappa shape index (κ3) is 5.64. The molecule has 0 unspecified atom stereocenters. The van der Waals surface area contributed by atoms with E-state index >= 15 is 0 Å². The Labute approximate surface area is 287 Å². The third-order valence-electron chi connectivity index (χ3n) is 8.55. The highest BCUT2D eigenvalue weighted by Gasteiger charge is 2.16. The molecular weight excluding hydrogens is 619 g/mol. The molecule has 0 aliphatic heterocycles. The van der Waals surface area contributed by atoms with Crippen molar-refractivity contribution in [1.29, 1.82) is 0 Å². The van der Waals surface area contributed by atoms with Crippen molar-refractivity contribution in [3.63, 3.8) is 0 Å². The van der Waals surface area contributed by atoms with Gasteiger partial charge in [-0.2, -0.15) is 0 Å². The van der Waals surface area contributed by atoms with E-state index in [1.807, 2.05) is 108 Å². The van der Waals surface area contributed by atoms with Gasteiger partial charge in [0.15, 0.2) is 23.3 Å². The summed E-state index contributed by atoms with van der Waals surface area (Å²) < 4.78 is 2.52. The second-order valence-corrected chi connectivity index (χ2v) is 12.8. The number of hydrogen-bond acceptors (Lipinski definition) is 6. The molecule has 0 N–H and O–H groups in total. The smallest absolute Gasteiger partial charge is 0.164 e. The number of benzene rings is 6. The maximum absolute atomic E-state index is 5.17. The third-order valence-corrected chi connectivity index (χ3v) is 9.68. The van der Waals surface area contributed by atoms with Gasteiger partial charge >= 0.3 is 0 Å². The fourth-order valence-electron chi connectivity index (χ4n) is 6.10. The van der Waals surface area contributed by atoms with Gasteiger partial charge in [0.1, 0.15) is 0 Å². The molecule has 0 bridgehead atoms. The molecule has 0 radical (unpaired) electrons. The fraction of sp³-hybridized carbons (Fsp3) is 0. The monoisotopic (exact) mass is 645 g/mol. The molecule has 0 saturated carbocycles. The van der Waals surface area contributed by atoms with Gasteiger partial charge in [0.2, 0.25) is 0 Å². The topological polar surface area (TPSA) is 64.5 Å². The van der Waals surface area contributed by atoms with Crippen LogP contribution in [0.3, 0.4) is 0 Å². The zero-order valence-electron chi connectivity index (χ0n) is 26.2. The van der Waals surface area contributed by atoms with Crippen LogP contribution < -0.4 is 0 Å². The van der Waals surface area contributed by atoms with E-state index in [0.717, 1.165) is 44.8 Å². The Morgan fingerprint density at radius 1 is 0.286 bits per heavy atom. The van der Waals surface area contributed by atoms with Crippen molar-refractivity contribution in [2.24, 2.45) is 0 Å². The second kappa shape index (κ2) is 12.3. The van der Waals surface area contributed by atoms with Crippen molar-refractivity contribution >= 4 is 31.5 Å². The summed E-state index contributed by atoms with van der Waals surface area (Å²) in [6.45, 7) is 0. The minimum absolute atomic E-state index is 0.587. The van der Waals surface area contributed by atoms with E-state index in [9.17, 15) is 0 Å². The van der Waals surface area contributed by atoms with Crippen LogP contribution in [0.4, 0.5) is 0 Å². The Balaban J connectivity index is 1.18. The average Bonchev–Trinajstić information content (AvgIpc) is 3.57. The Morgan fingerprint density at radius 3 is 1.39 bits per heavy atom. The molecule has 0 amide bonds. The number of fused-ring (bicyclic) bond motifs is 3. The number of nitrogens with zero attached hydrogens (tertiary/aromatic N) is 5. The summed E-state index contributed by atoms with van der Waals surface area (Å²) in [7, 11) is 0. The standard InChI is InChI=1S/C43H27N5S/c1-4-13-28(14-5-1)36-27-37(31-23-24-35-34-21-10-11-22-38(34)49-39(35)26-31)45-42(44-36)32-19-12-20-33(25-32)43-47-40(29-15-6-2-7-16-29)46-41(48-43)30-17-8-3-9-18-30/h1-27H. The Hall–Kier alpha value is -6.37. The molecule has 9 aromatic rings. The van der Waals surface area contributed by atoms with Crippen LogP contribution in [0.1, 0.15) is 0 Å². The van der Waals surface area contributed by atoms with Crippen molar-refractivity contribution in [2.45, 2.75) is 0 Å². The highest BCUT2D eigenvalue weighted by Crippen LogP contribution is 2.37. The highest BCUT2D eigenvalue weighted by atomic mass is 32.1. The number of hydrogen-bond donors (Lipinski definition) is 0. The Kier molecular flexibility index (Phi) is 7.26. The minimum atomic E-state index is 0.587. The average molecular weight is 646 g/mol. The first kappa shape index (κ1) is 28.8. The summed E-state index contributed by atoms with van der Waals surface area (Å²) in [6.07, 6.45) is 0. The summed E-state index contributed by atoms with van der Waals surface area (Å²) in [4.78, 5) is 25.0. The predicted octanol–water partition coefficient (Wildman–Crippen LogP) is 11.0. The van der Waals surface area contributed by atoms with E-state index in [1.54, 1.807) is 0 Å². The van der Waals surface area contributed by atoms with Crippen LogP contribution in [0.25, 0.3) is 88.2 Å². The maximum atomic E-state index is 5.17. The summed E-state index contributed by atoms with van der Waals surface area (Å²) in [5.74, 6) is 2.46. The summed E-state index contributed by atoms with van der Waals surface area (Å²) >= 11 is 1.81. The van der Waals surface area contributed by atoms with Crippen LogP contribution in [0.15, 0.2) is 164 Å². The normalized spacial score (nSPS) is 11.3. The lowest BCUT2D eigenvalue weighted by atomic mass is 10.0. The molecule has 9 rings (SSSR count). The van der Waals surface area contributed by atoms with Crippen LogP contribution in [0, 0.1) is 0 Å². The van der Waals surface area contributed by atoms with Crippen LogP contribution in [0.5, 0.6) is 0 Å². The quantitative estimate of drug-likeness (QED) is 0.180. The van der Waals surface area contributed by atoms with Crippen molar-refractivity contribution < 1.29 is 0 Å². The molecule has 0 atom stereocenters. The van der Waals surface area contributed by atoms with Gasteiger partial charge in [0.05, 0.1) is 11.4 Å². The molecule has 6 heteroatoms. The number of aromatic nitrogens is 5. The molecule has 0 aliphatic carbocycles. The van der Waals surface area contributed by atoms with Crippen LogP contribution >= 0.6 is 11.3 Å². The molecule has 3 heterocycles. The largest absolute Gasteiger partial charge is 0.228 e. The van der Waals surface area contributed by atoms with E-state index in [0.29, 0.717) is 23.3 Å². The zero-order chi connectivity index (χ0) is 32.6. The van der Waals surface area contributed by atoms with Crippen molar-refractivity contribution in [3.05, 3.63) is 164 Å². The van der Waals surface area contributed by atoms with E-state index in [1.165, 1.54) is 20.2 Å².